The van der Waals surface area contributed by atoms with E-state index in [1.807, 2.05) is 0 Å². The molecular weight excluding hydrogens is 264 g/mol. The summed E-state index contributed by atoms with van der Waals surface area (Å²) >= 11 is 0. The van der Waals surface area contributed by atoms with Crippen molar-refractivity contribution in [2.45, 2.75) is 71.4 Å². The van der Waals surface area contributed by atoms with Crippen LogP contribution in [0.4, 0.5) is 0 Å². The van der Waals surface area contributed by atoms with Crippen molar-refractivity contribution in [3.8, 4) is 0 Å². The Balaban J connectivity index is 1.75. The van der Waals surface area contributed by atoms with E-state index in [0.717, 1.165) is 25.9 Å². The first-order valence-corrected chi connectivity index (χ1v) is 8.53. The normalized spacial score (nSPS) is 27.6. The molecule has 2 aliphatic rings. The van der Waals surface area contributed by atoms with Gasteiger partial charge in [0.2, 0.25) is 5.91 Å². The molecule has 21 heavy (non-hydrogen) atoms. The van der Waals surface area contributed by atoms with Crippen molar-refractivity contribution in [1.29, 1.82) is 0 Å². The van der Waals surface area contributed by atoms with Crippen LogP contribution in [0.15, 0.2) is 0 Å². The van der Waals surface area contributed by atoms with Crippen molar-refractivity contribution >= 4 is 5.91 Å². The minimum atomic E-state index is 0.183. The van der Waals surface area contributed by atoms with Gasteiger partial charge in [-0.05, 0) is 55.9 Å². The smallest absolute Gasteiger partial charge is 0.220 e. The highest BCUT2D eigenvalue weighted by Crippen LogP contribution is 2.39. The number of rotatable bonds is 7. The molecule has 3 atom stereocenters. The highest BCUT2D eigenvalue weighted by molar-refractivity contribution is 5.76. The lowest BCUT2D eigenvalue weighted by Crippen LogP contribution is -2.41. The summed E-state index contributed by atoms with van der Waals surface area (Å²) in [4.78, 5) is 12.2. The third-order valence-corrected chi connectivity index (χ3v) is 5.03. The molecule has 1 saturated carbocycles. The maximum Gasteiger partial charge on any atom is 0.220 e. The van der Waals surface area contributed by atoms with E-state index in [0.29, 0.717) is 24.8 Å². The predicted octanol–water partition coefficient (Wildman–Crippen LogP) is 2.46. The van der Waals surface area contributed by atoms with E-state index in [2.05, 4.69) is 26.1 Å². The van der Waals surface area contributed by atoms with Gasteiger partial charge in [-0.25, -0.2) is 0 Å². The number of nitrogens with one attached hydrogen (secondary N) is 1. The van der Waals surface area contributed by atoms with Gasteiger partial charge in [0, 0.05) is 13.0 Å². The van der Waals surface area contributed by atoms with E-state index >= 15 is 0 Å². The lowest BCUT2D eigenvalue weighted by atomic mass is 9.76. The minimum Gasteiger partial charge on any atom is -0.376 e. The minimum absolute atomic E-state index is 0.183. The van der Waals surface area contributed by atoms with Crippen LogP contribution >= 0.6 is 0 Å². The van der Waals surface area contributed by atoms with Gasteiger partial charge in [0.1, 0.15) is 0 Å². The number of hydrogen-bond acceptors (Lipinski definition) is 3. The van der Waals surface area contributed by atoms with E-state index in [1.54, 1.807) is 0 Å². The van der Waals surface area contributed by atoms with Gasteiger partial charge in [-0.2, -0.15) is 0 Å². The number of amides is 1. The molecule has 0 radical (unpaired) electrons. The molecule has 4 heteroatoms. The van der Waals surface area contributed by atoms with Gasteiger partial charge in [-0.3, -0.25) is 4.79 Å². The van der Waals surface area contributed by atoms with Gasteiger partial charge in [0.15, 0.2) is 0 Å². The first kappa shape index (κ1) is 16.8. The molecule has 2 fully saturated rings. The maximum atomic E-state index is 12.2. The van der Waals surface area contributed by atoms with Crippen molar-refractivity contribution in [3.63, 3.8) is 0 Å². The molecule has 4 nitrogen and oxygen atoms in total. The standard InChI is InChI=1S/C17H32N2O2/c1-17(2,3)13(8-10-18)6-7-15(20)19-14-9-11-21-16(14)12-4-5-12/h12-14,16H,4-11,18H2,1-3H3,(H,19,20). The third-order valence-electron chi connectivity index (χ3n) is 5.03. The zero-order valence-corrected chi connectivity index (χ0v) is 13.9. The third kappa shape index (κ3) is 4.96. The second-order valence-corrected chi connectivity index (χ2v) is 7.81. The van der Waals surface area contributed by atoms with Crippen molar-refractivity contribution in [2.24, 2.45) is 23.0 Å². The molecule has 1 aliphatic carbocycles. The van der Waals surface area contributed by atoms with Crippen LogP contribution in [-0.2, 0) is 9.53 Å². The van der Waals surface area contributed by atoms with Crippen LogP contribution in [0, 0.1) is 17.3 Å². The average molecular weight is 296 g/mol. The fourth-order valence-corrected chi connectivity index (χ4v) is 3.45. The number of nitrogens with two attached hydrogens (primary N) is 1. The summed E-state index contributed by atoms with van der Waals surface area (Å²) in [5.74, 6) is 1.38. The molecular formula is C17H32N2O2. The molecule has 0 aromatic heterocycles. The molecule has 1 heterocycles. The van der Waals surface area contributed by atoms with Gasteiger partial charge in [0.05, 0.1) is 12.1 Å². The Bertz CT molecular complexity index is 347. The molecule has 0 spiro atoms. The molecule has 122 valence electrons. The highest BCUT2D eigenvalue weighted by Gasteiger charge is 2.41. The second kappa shape index (κ2) is 7.10. The van der Waals surface area contributed by atoms with E-state index < -0.39 is 0 Å². The van der Waals surface area contributed by atoms with Gasteiger partial charge < -0.3 is 15.8 Å². The molecule has 2 rings (SSSR count). The van der Waals surface area contributed by atoms with Gasteiger partial charge in [0.25, 0.3) is 0 Å². The molecule has 1 amide bonds. The van der Waals surface area contributed by atoms with Crippen LogP contribution in [0.3, 0.4) is 0 Å². The summed E-state index contributed by atoms with van der Waals surface area (Å²) in [5.41, 5.74) is 5.92. The van der Waals surface area contributed by atoms with Crippen molar-refractivity contribution in [1.82, 2.24) is 5.32 Å². The second-order valence-electron chi connectivity index (χ2n) is 7.81. The molecule has 0 aromatic carbocycles. The van der Waals surface area contributed by atoms with Crippen LogP contribution in [-0.4, -0.2) is 31.2 Å². The number of ether oxygens (including phenoxy) is 1. The van der Waals surface area contributed by atoms with Gasteiger partial charge >= 0.3 is 0 Å². The maximum absolute atomic E-state index is 12.2. The largest absolute Gasteiger partial charge is 0.376 e. The highest BCUT2D eigenvalue weighted by atomic mass is 16.5. The molecule has 1 saturated heterocycles. The van der Waals surface area contributed by atoms with E-state index in [1.165, 1.54) is 12.8 Å². The molecule has 1 aliphatic heterocycles. The monoisotopic (exact) mass is 296 g/mol. The lowest BCUT2D eigenvalue weighted by molar-refractivity contribution is -0.122. The SMILES string of the molecule is CC(C)(C)C(CCN)CCC(=O)NC1CCOC1C1CC1. The summed E-state index contributed by atoms with van der Waals surface area (Å²) in [6, 6.07) is 0.243. The fourth-order valence-electron chi connectivity index (χ4n) is 3.45. The zero-order chi connectivity index (χ0) is 15.5. The van der Waals surface area contributed by atoms with E-state index in [9.17, 15) is 4.79 Å². The first-order valence-electron chi connectivity index (χ1n) is 8.53. The van der Waals surface area contributed by atoms with Crippen LogP contribution in [0.5, 0.6) is 0 Å². The van der Waals surface area contributed by atoms with Crippen LogP contribution < -0.4 is 11.1 Å². The molecule has 0 aromatic rings. The number of carbonyl (C=O) groups is 1. The topological polar surface area (TPSA) is 64.4 Å². The molecule has 0 bridgehead atoms. The Labute approximate surface area is 129 Å². The summed E-state index contributed by atoms with van der Waals surface area (Å²) in [7, 11) is 0. The zero-order valence-electron chi connectivity index (χ0n) is 13.9. The van der Waals surface area contributed by atoms with Crippen LogP contribution in [0.1, 0.15) is 59.3 Å². The van der Waals surface area contributed by atoms with E-state index in [-0.39, 0.29) is 23.5 Å². The predicted molar refractivity (Wildman–Crippen MR) is 84.9 cm³/mol. The Morgan fingerprint density at radius 1 is 1.29 bits per heavy atom. The number of carbonyl (C=O) groups excluding carboxylic acids is 1. The average Bonchev–Trinajstić information content (AvgIpc) is 3.14. The molecule has 3 N–H and O–H groups in total. The Kier molecular flexibility index (Phi) is 5.67. The van der Waals surface area contributed by atoms with Crippen LogP contribution in [0.2, 0.25) is 0 Å². The summed E-state index contributed by atoms with van der Waals surface area (Å²) in [5, 5.41) is 3.20. The molecule has 3 unspecified atom stereocenters. The lowest BCUT2D eigenvalue weighted by Gasteiger charge is -2.30. The van der Waals surface area contributed by atoms with Crippen molar-refractivity contribution < 1.29 is 9.53 Å². The van der Waals surface area contributed by atoms with Crippen molar-refractivity contribution in [3.05, 3.63) is 0 Å². The Morgan fingerprint density at radius 3 is 2.57 bits per heavy atom. The summed E-state index contributed by atoms with van der Waals surface area (Å²) in [6.07, 6.45) is 6.30. The van der Waals surface area contributed by atoms with Crippen molar-refractivity contribution in [2.75, 3.05) is 13.2 Å². The quantitative estimate of drug-likeness (QED) is 0.758. The Hall–Kier alpha value is -0.610. The fraction of sp³-hybridized carbons (Fsp3) is 0.941. The van der Waals surface area contributed by atoms with E-state index in [4.69, 9.17) is 10.5 Å². The summed E-state index contributed by atoms with van der Waals surface area (Å²) in [6.45, 7) is 8.20. The Morgan fingerprint density at radius 2 is 2.00 bits per heavy atom. The van der Waals surface area contributed by atoms with Gasteiger partial charge in [-0.1, -0.05) is 20.8 Å². The van der Waals surface area contributed by atoms with Gasteiger partial charge in [-0.15, -0.1) is 0 Å². The first-order chi connectivity index (χ1) is 9.91. The van der Waals surface area contributed by atoms with Crippen LogP contribution in [0.25, 0.3) is 0 Å². The number of hydrogen-bond donors (Lipinski definition) is 2. The summed E-state index contributed by atoms with van der Waals surface area (Å²) < 4.78 is 5.78.